The van der Waals surface area contributed by atoms with Crippen molar-refractivity contribution in [1.82, 2.24) is 20.4 Å². The summed E-state index contributed by atoms with van der Waals surface area (Å²) < 4.78 is 10.5. The van der Waals surface area contributed by atoms with Crippen LogP contribution >= 0.6 is 11.3 Å². The van der Waals surface area contributed by atoms with E-state index in [0.29, 0.717) is 24.5 Å². The Morgan fingerprint density at radius 1 is 1.41 bits per heavy atom. The minimum atomic E-state index is -0.214. The molecular weight excluding hydrogens is 304 g/mol. The number of morpholine rings is 1. The fraction of sp³-hybridized carbons (Fsp3) is 0.500. The summed E-state index contributed by atoms with van der Waals surface area (Å²) in [5, 5.41) is 9.60. The van der Waals surface area contributed by atoms with Gasteiger partial charge in [-0.2, -0.15) is 0 Å². The standard InChI is InChI=1S/C14H18N4O3S/c19-14(16-2-1-13-15-3-8-22-13)12-9-11(21-17-12)10-18-4-6-20-7-5-18/h3,8-9H,1-2,4-7,10H2,(H,16,19). The van der Waals surface area contributed by atoms with Gasteiger partial charge in [-0.25, -0.2) is 4.98 Å². The summed E-state index contributed by atoms with van der Waals surface area (Å²) in [5.74, 6) is 0.487. The first-order chi connectivity index (χ1) is 10.8. The van der Waals surface area contributed by atoms with Crippen molar-refractivity contribution in [3.8, 4) is 0 Å². The van der Waals surface area contributed by atoms with Crippen molar-refractivity contribution in [2.24, 2.45) is 0 Å². The molecule has 3 heterocycles. The van der Waals surface area contributed by atoms with E-state index >= 15 is 0 Å². The van der Waals surface area contributed by atoms with Gasteiger partial charge >= 0.3 is 0 Å². The molecule has 7 nitrogen and oxygen atoms in total. The quantitative estimate of drug-likeness (QED) is 0.852. The van der Waals surface area contributed by atoms with Crippen molar-refractivity contribution in [3.05, 3.63) is 34.1 Å². The Labute approximate surface area is 132 Å². The third-order valence-corrected chi connectivity index (χ3v) is 4.22. The van der Waals surface area contributed by atoms with Crippen LogP contribution in [0, 0.1) is 0 Å². The molecule has 0 spiro atoms. The maximum absolute atomic E-state index is 12.0. The molecule has 3 rings (SSSR count). The maximum atomic E-state index is 12.0. The largest absolute Gasteiger partial charge is 0.379 e. The van der Waals surface area contributed by atoms with Gasteiger partial charge in [-0.1, -0.05) is 5.16 Å². The van der Waals surface area contributed by atoms with E-state index in [1.165, 1.54) is 0 Å². The van der Waals surface area contributed by atoms with Crippen molar-refractivity contribution in [3.63, 3.8) is 0 Å². The molecule has 0 aromatic carbocycles. The first-order valence-electron chi connectivity index (χ1n) is 7.23. The number of hydrogen-bond acceptors (Lipinski definition) is 7. The van der Waals surface area contributed by atoms with Crippen molar-refractivity contribution >= 4 is 17.2 Å². The van der Waals surface area contributed by atoms with Crippen molar-refractivity contribution in [2.45, 2.75) is 13.0 Å². The van der Waals surface area contributed by atoms with Crippen LogP contribution in [-0.2, 0) is 17.7 Å². The van der Waals surface area contributed by atoms with Gasteiger partial charge in [0.15, 0.2) is 11.5 Å². The summed E-state index contributed by atoms with van der Waals surface area (Å²) >= 11 is 1.58. The lowest BCUT2D eigenvalue weighted by molar-refractivity contribution is 0.0305. The summed E-state index contributed by atoms with van der Waals surface area (Å²) in [4.78, 5) is 18.4. The van der Waals surface area contributed by atoms with E-state index in [1.54, 1.807) is 23.6 Å². The smallest absolute Gasteiger partial charge is 0.273 e. The minimum absolute atomic E-state index is 0.214. The number of aromatic nitrogens is 2. The van der Waals surface area contributed by atoms with Crippen LogP contribution in [0.3, 0.4) is 0 Å². The summed E-state index contributed by atoms with van der Waals surface area (Å²) in [6.45, 7) is 4.41. The molecule has 1 aliphatic rings. The van der Waals surface area contributed by atoms with E-state index in [9.17, 15) is 4.79 Å². The molecule has 1 N–H and O–H groups in total. The number of nitrogens with one attached hydrogen (secondary N) is 1. The fourth-order valence-corrected chi connectivity index (χ4v) is 2.84. The predicted octanol–water partition coefficient (Wildman–Crippen LogP) is 0.936. The Kier molecular flexibility index (Phi) is 5.15. The molecular formula is C14H18N4O3S. The highest BCUT2D eigenvalue weighted by Crippen LogP contribution is 2.09. The summed E-state index contributed by atoms with van der Waals surface area (Å²) in [5.41, 5.74) is 0.322. The number of rotatable bonds is 6. The predicted molar refractivity (Wildman–Crippen MR) is 80.8 cm³/mol. The van der Waals surface area contributed by atoms with Gasteiger partial charge < -0.3 is 14.6 Å². The number of hydrogen-bond donors (Lipinski definition) is 1. The molecule has 0 unspecified atom stereocenters. The Morgan fingerprint density at radius 2 is 2.27 bits per heavy atom. The average molecular weight is 322 g/mol. The van der Waals surface area contributed by atoms with E-state index in [1.807, 2.05) is 5.38 Å². The minimum Gasteiger partial charge on any atom is -0.379 e. The first kappa shape index (κ1) is 15.1. The van der Waals surface area contributed by atoms with Crippen LogP contribution in [0.4, 0.5) is 0 Å². The van der Waals surface area contributed by atoms with Crippen LogP contribution in [0.1, 0.15) is 21.3 Å². The Balaban J connectivity index is 1.46. The Morgan fingerprint density at radius 3 is 3.05 bits per heavy atom. The second kappa shape index (κ2) is 7.48. The zero-order valence-electron chi connectivity index (χ0n) is 12.2. The summed E-state index contributed by atoms with van der Waals surface area (Å²) in [6.07, 6.45) is 2.49. The molecule has 1 amide bonds. The molecule has 2 aromatic rings. The van der Waals surface area contributed by atoms with Crippen molar-refractivity contribution in [2.75, 3.05) is 32.8 Å². The Bertz CT molecular complexity index is 593. The third kappa shape index (κ3) is 4.12. The lowest BCUT2D eigenvalue weighted by Crippen LogP contribution is -2.35. The van der Waals surface area contributed by atoms with Gasteiger partial charge in [0.1, 0.15) is 0 Å². The highest BCUT2D eigenvalue weighted by atomic mass is 32.1. The zero-order valence-corrected chi connectivity index (χ0v) is 13.0. The van der Waals surface area contributed by atoms with E-state index in [-0.39, 0.29) is 5.91 Å². The molecule has 0 aliphatic carbocycles. The molecule has 2 aromatic heterocycles. The highest BCUT2D eigenvalue weighted by Gasteiger charge is 2.16. The molecule has 0 saturated carbocycles. The second-order valence-electron chi connectivity index (χ2n) is 5.00. The number of amides is 1. The molecule has 8 heteroatoms. The number of carbonyl (C=O) groups is 1. The van der Waals surface area contributed by atoms with Gasteiger partial charge in [0.2, 0.25) is 0 Å². The fourth-order valence-electron chi connectivity index (χ4n) is 2.22. The first-order valence-corrected chi connectivity index (χ1v) is 8.11. The van der Waals surface area contributed by atoms with E-state index in [0.717, 1.165) is 37.7 Å². The molecule has 22 heavy (non-hydrogen) atoms. The topological polar surface area (TPSA) is 80.5 Å². The zero-order chi connectivity index (χ0) is 15.2. The normalized spacial score (nSPS) is 15.8. The van der Waals surface area contributed by atoms with Gasteiger partial charge in [0.25, 0.3) is 5.91 Å². The summed E-state index contributed by atoms with van der Waals surface area (Å²) in [7, 11) is 0. The highest BCUT2D eigenvalue weighted by molar-refractivity contribution is 7.09. The number of nitrogens with zero attached hydrogens (tertiary/aromatic N) is 3. The Hall–Kier alpha value is -1.77. The SMILES string of the molecule is O=C(NCCc1nccs1)c1cc(CN2CCOCC2)on1. The maximum Gasteiger partial charge on any atom is 0.273 e. The molecule has 0 bridgehead atoms. The third-order valence-electron chi connectivity index (χ3n) is 3.38. The lowest BCUT2D eigenvalue weighted by Gasteiger charge is -2.25. The van der Waals surface area contributed by atoms with Gasteiger partial charge in [-0.15, -0.1) is 11.3 Å². The van der Waals surface area contributed by atoms with E-state index in [2.05, 4.69) is 20.4 Å². The van der Waals surface area contributed by atoms with Gasteiger partial charge in [0, 0.05) is 43.7 Å². The van der Waals surface area contributed by atoms with Crippen molar-refractivity contribution < 1.29 is 14.1 Å². The molecule has 118 valence electrons. The second-order valence-corrected chi connectivity index (χ2v) is 5.98. The molecule has 1 aliphatic heterocycles. The van der Waals surface area contributed by atoms with Crippen LogP contribution < -0.4 is 5.32 Å². The van der Waals surface area contributed by atoms with Crippen LogP contribution in [0.15, 0.2) is 22.2 Å². The van der Waals surface area contributed by atoms with Crippen LogP contribution in [0.25, 0.3) is 0 Å². The number of thiazole rings is 1. The molecule has 1 fully saturated rings. The van der Waals surface area contributed by atoms with E-state index in [4.69, 9.17) is 9.26 Å². The van der Waals surface area contributed by atoms with E-state index < -0.39 is 0 Å². The molecule has 1 saturated heterocycles. The summed E-state index contributed by atoms with van der Waals surface area (Å²) in [6, 6.07) is 1.70. The molecule has 0 radical (unpaired) electrons. The average Bonchev–Trinajstić information content (AvgIpc) is 3.20. The van der Waals surface area contributed by atoms with Crippen LogP contribution in [0.2, 0.25) is 0 Å². The van der Waals surface area contributed by atoms with Crippen molar-refractivity contribution in [1.29, 1.82) is 0 Å². The van der Waals surface area contributed by atoms with Crippen LogP contribution in [0.5, 0.6) is 0 Å². The lowest BCUT2D eigenvalue weighted by atomic mass is 10.3. The number of ether oxygens (including phenoxy) is 1. The molecule has 0 atom stereocenters. The van der Waals surface area contributed by atoms with Crippen LogP contribution in [-0.4, -0.2) is 53.8 Å². The van der Waals surface area contributed by atoms with Gasteiger partial charge in [0.05, 0.1) is 24.8 Å². The van der Waals surface area contributed by atoms with Gasteiger partial charge in [-0.3, -0.25) is 9.69 Å². The number of carbonyl (C=O) groups excluding carboxylic acids is 1. The van der Waals surface area contributed by atoms with Gasteiger partial charge in [-0.05, 0) is 0 Å². The monoisotopic (exact) mass is 322 g/mol.